The molecule has 1 saturated heterocycles. The number of rotatable bonds is 4. The van der Waals surface area contributed by atoms with Gasteiger partial charge in [-0.2, -0.15) is 0 Å². The van der Waals surface area contributed by atoms with E-state index in [2.05, 4.69) is 22.3 Å². The lowest BCUT2D eigenvalue weighted by atomic mass is 10.1. The summed E-state index contributed by atoms with van der Waals surface area (Å²) in [6.07, 6.45) is 0.603. The second-order valence-corrected chi connectivity index (χ2v) is 6.13. The molecule has 0 unspecified atom stereocenters. The number of nitrogens with one attached hydrogen (secondary N) is 1. The summed E-state index contributed by atoms with van der Waals surface area (Å²) < 4.78 is 0. The first kappa shape index (κ1) is 15.3. The van der Waals surface area contributed by atoms with Gasteiger partial charge in [0.05, 0.1) is 6.54 Å². The van der Waals surface area contributed by atoms with Crippen LogP contribution < -0.4 is 5.32 Å². The summed E-state index contributed by atoms with van der Waals surface area (Å²) >= 11 is 12.6. The van der Waals surface area contributed by atoms with Crippen molar-refractivity contribution >= 4 is 29.1 Å². The molecule has 114 valence electrons. The molecule has 1 heterocycles. The SMILES string of the molecule is O=C1CN(CCc2ccccc2)[C@H](c2c(Cl)cccc2Cl)N1. The van der Waals surface area contributed by atoms with Gasteiger partial charge in [0.2, 0.25) is 5.91 Å². The summed E-state index contributed by atoms with van der Waals surface area (Å²) in [6, 6.07) is 15.6. The first-order valence-corrected chi connectivity index (χ1v) is 7.92. The summed E-state index contributed by atoms with van der Waals surface area (Å²) in [7, 11) is 0. The standard InChI is InChI=1S/C17H16Cl2N2O/c18-13-7-4-8-14(19)16(13)17-20-15(22)11-21(17)10-9-12-5-2-1-3-6-12/h1-8,17H,9-11H2,(H,20,22)/t17-/m1/s1. The largest absolute Gasteiger partial charge is 0.335 e. The summed E-state index contributed by atoms with van der Waals surface area (Å²) in [6.45, 7) is 1.12. The molecule has 1 N–H and O–H groups in total. The maximum Gasteiger partial charge on any atom is 0.235 e. The molecular formula is C17H16Cl2N2O. The lowest BCUT2D eigenvalue weighted by Crippen LogP contribution is -2.30. The zero-order valence-corrected chi connectivity index (χ0v) is 13.4. The molecule has 2 aromatic rings. The Morgan fingerprint density at radius 3 is 2.41 bits per heavy atom. The van der Waals surface area contributed by atoms with Crippen LogP contribution in [0.15, 0.2) is 48.5 Å². The molecule has 1 aliphatic heterocycles. The van der Waals surface area contributed by atoms with Gasteiger partial charge in [-0.15, -0.1) is 0 Å². The number of hydrogen-bond acceptors (Lipinski definition) is 2. The van der Waals surface area contributed by atoms with Gasteiger partial charge in [-0.05, 0) is 24.1 Å². The zero-order valence-electron chi connectivity index (χ0n) is 11.9. The molecule has 0 spiro atoms. The summed E-state index contributed by atoms with van der Waals surface area (Å²) in [5.41, 5.74) is 2.01. The van der Waals surface area contributed by atoms with Gasteiger partial charge in [-0.3, -0.25) is 9.69 Å². The lowest BCUT2D eigenvalue weighted by Gasteiger charge is -2.25. The van der Waals surface area contributed by atoms with Crippen molar-refractivity contribution in [1.29, 1.82) is 0 Å². The van der Waals surface area contributed by atoms with Crippen LogP contribution in [0.1, 0.15) is 17.3 Å². The Labute approximate surface area is 139 Å². The van der Waals surface area contributed by atoms with Crippen LogP contribution in [0.5, 0.6) is 0 Å². The normalized spacial score (nSPS) is 18.5. The smallest absolute Gasteiger partial charge is 0.235 e. The van der Waals surface area contributed by atoms with E-state index in [1.165, 1.54) is 5.56 Å². The van der Waals surface area contributed by atoms with Crippen LogP contribution >= 0.6 is 23.2 Å². The van der Waals surface area contributed by atoms with Crippen molar-refractivity contribution in [3.8, 4) is 0 Å². The molecule has 5 heteroatoms. The molecular weight excluding hydrogens is 319 g/mol. The average molecular weight is 335 g/mol. The van der Waals surface area contributed by atoms with Gasteiger partial charge >= 0.3 is 0 Å². The number of benzene rings is 2. The Balaban J connectivity index is 1.79. The van der Waals surface area contributed by atoms with E-state index in [9.17, 15) is 4.79 Å². The van der Waals surface area contributed by atoms with E-state index >= 15 is 0 Å². The maximum atomic E-state index is 11.8. The van der Waals surface area contributed by atoms with Gasteiger partial charge < -0.3 is 5.32 Å². The van der Waals surface area contributed by atoms with Crippen molar-refractivity contribution in [2.24, 2.45) is 0 Å². The van der Waals surface area contributed by atoms with Crippen molar-refractivity contribution in [3.63, 3.8) is 0 Å². The molecule has 1 amide bonds. The zero-order chi connectivity index (χ0) is 15.5. The van der Waals surface area contributed by atoms with Gasteiger partial charge in [0, 0.05) is 22.2 Å². The van der Waals surface area contributed by atoms with E-state index in [0.29, 0.717) is 16.6 Å². The van der Waals surface area contributed by atoms with Gasteiger partial charge in [0.15, 0.2) is 0 Å². The molecule has 0 aromatic heterocycles. The maximum absolute atomic E-state index is 11.8. The fraction of sp³-hybridized carbons (Fsp3) is 0.235. The van der Waals surface area contributed by atoms with Crippen LogP contribution in [0.3, 0.4) is 0 Å². The Morgan fingerprint density at radius 2 is 1.73 bits per heavy atom. The number of halogens is 2. The Bertz CT molecular complexity index is 655. The molecule has 1 fully saturated rings. The first-order chi connectivity index (χ1) is 10.6. The van der Waals surface area contributed by atoms with Crippen molar-refractivity contribution < 1.29 is 4.79 Å². The van der Waals surface area contributed by atoms with Crippen molar-refractivity contribution in [3.05, 3.63) is 69.7 Å². The highest BCUT2D eigenvalue weighted by Gasteiger charge is 2.33. The number of amides is 1. The fourth-order valence-corrected chi connectivity index (χ4v) is 3.32. The van der Waals surface area contributed by atoms with Crippen LogP contribution in [0, 0.1) is 0 Å². The quantitative estimate of drug-likeness (QED) is 0.925. The van der Waals surface area contributed by atoms with Crippen LogP contribution in [-0.4, -0.2) is 23.9 Å². The van der Waals surface area contributed by atoms with Crippen molar-refractivity contribution in [1.82, 2.24) is 10.2 Å². The van der Waals surface area contributed by atoms with Crippen LogP contribution in [0.2, 0.25) is 10.0 Å². The topological polar surface area (TPSA) is 32.3 Å². The molecule has 0 radical (unpaired) electrons. The van der Waals surface area contributed by atoms with Gasteiger partial charge in [-0.25, -0.2) is 0 Å². The summed E-state index contributed by atoms with van der Waals surface area (Å²) in [4.78, 5) is 13.9. The minimum Gasteiger partial charge on any atom is -0.335 e. The number of nitrogens with zero attached hydrogens (tertiary/aromatic N) is 1. The second-order valence-electron chi connectivity index (χ2n) is 5.31. The summed E-state index contributed by atoms with van der Waals surface area (Å²) in [5, 5.41) is 4.10. The Kier molecular flexibility index (Phi) is 4.67. The van der Waals surface area contributed by atoms with Crippen molar-refractivity contribution in [2.75, 3.05) is 13.1 Å². The minimum absolute atomic E-state index is 0.00551. The molecule has 2 aromatic carbocycles. The monoisotopic (exact) mass is 334 g/mol. The molecule has 1 aliphatic rings. The van der Waals surface area contributed by atoms with E-state index in [1.807, 2.05) is 18.2 Å². The highest BCUT2D eigenvalue weighted by Crippen LogP contribution is 2.34. The predicted molar refractivity (Wildman–Crippen MR) is 89.1 cm³/mol. The van der Waals surface area contributed by atoms with Crippen LogP contribution in [-0.2, 0) is 11.2 Å². The van der Waals surface area contributed by atoms with E-state index in [-0.39, 0.29) is 12.1 Å². The Hall–Kier alpha value is -1.55. The third-order valence-corrected chi connectivity index (χ3v) is 4.47. The highest BCUT2D eigenvalue weighted by molar-refractivity contribution is 6.36. The Morgan fingerprint density at radius 1 is 1.05 bits per heavy atom. The third-order valence-electron chi connectivity index (χ3n) is 3.81. The average Bonchev–Trinajstić information content (AvgIpc) is 2.87. The summed E-state index contributed by atoms with van der Waals surface area (Å²) in [5.74, 6) is -0.00551. The number of hydrogen-bond donors (Lipinski definition) is 1. The molecule has 0 saturated carbocycles. The van der Waals surface area contributed by atoms with E-state index < -0.39 is 0 Å². The molecule has 0 bridgehead atoms. The minimum atomic E-state index is -0.266. The molecule has 3 nitrogen and oxygen atoms in total. The van der Waals surface area contributed by atoms with Gasteiger partial charge in [0.1, 0.15) is 6.17 Å². The van der Waals surface area contributed by atoms with Crippen LogP contribution in [0.4, 0.5) is 0 Å². The van der Waals surface area contributed by atoms with E-state index in [4.69, 9.17) is 23.2 Å². The lowest BCUT2D eigenvalue weighted by molar-refractivity contribution is -0.118. The molecule has 22 heavy (non-hydrogen) atoms. The predicted octanol–water partition coefficient (Wildman–Crippen LogP) is 3.67. The van der Waals surface area contributed by atoms with Gasteiger partial charge in [-0.1, -0.05) is 59.6 Å². The second kappa shape index (κ2) is 6.69. The highest BCUT2D eigenvalue weighted by atomic mass is 35.5. The van der Waals surface area contributed by atoms with E-state index in [1.54, 1.807) is 18.2 Å². The fourth-order valence-electron chi connectivity index (χ4n) is 2.72. The van der Waals surface area contributed by atoms with E-state index in [0.717, 1.165) is 18.5 Å². The molecule has 3 rings (SSSR count). The first-order valence-electron chi connectivity index (χ1n) is 7.16. The van der Waals surface area contributed by atoms with Crippen LogP contribution in [0.25, 0.3) is 0 Å². The number of carbonyl (C=O) groups is 1. The third kappa shape index (κ3) is 3.27. The molecule has 0 aliphatic carbocycles. The molecule has 1 atom stereocenters. The van der Waals surface area contributed by atoms with Crippen molar-refractivity contribution in [2.45, 2.75) is 12.6 Å². The van der Waals surface area contributed by atoms with Gasteiger partial charge in [0.25, 0.3) is 0 Å². The number of carbonyl (C=O) groups excluding carboxylic acids is 1.